The summed E-state index contributed by atoms with van der Waals surface area (Å²) in [5, 5.41) is 0. The van der Waals surface area contributed by atoms with Crippen LogP contribution in [0.1, 0.15) is 7.13 Å². The Morgan fingerprint density at radius 2 is 0.240 bits per heavy atom. The first kappa shape index (κ1) is 80.5. The van der Waals surface area contributed by atoms with Crippen LogP contribution in [-0.4, -0.2) is 127 Å². The van der Waals surface area contributed by atoms with E-state index in [9.17, 15) is 45.7 Å². The second kappa shape index (κ2) is 32.2. The maximum atomic E-state index is 9.85. The summed E-state index contributed by atoms with van der Waals surface area (Å²) in [5.74, 6) is -6.88. The molecule has 0 aliphatic rings. The van der Waals surface area contributed by atoms with Crippen LogP contribution in [0.4, 0.5) is 0 Å². The molecular formula is C5H35Na5O30P10. The van der Waals surface area contributed by atoms with Crippen molar-refractivity contribution in [3.63, 3.8) is 0 Å². The maximum Gasteiger partial charge on any atom is 1.00 e. The molecule has 0 aromatic heterocycles. The number of rotatable bonds is 10. The fourth-order valence-corrected chi connectivity index (χ4v) is 10.8. The summed E-state index contributed by atoms with van der Waals surface area (Å²) in [6, 6.07) is 0. The van der Waals surface area contributed by atoms with E-state index < -0.39 is 105 Å². The van der Waals surface area contributed by atoms with Gasteiger partial charge in [-0.3, -0.25) is 45.7 Å². The average molecular weight is 1000 g/mol. The maximum absolute atomic E-state index is 9.85. The molecule has 290 valence electrons. The molecule has 0 saturated carbocycles. The van der Waals surface area contributed by atoms with Crippen LogP contribution in [0.15, 0.2) is 0 Å². The molecule has 0 aliphatic heterocycles. The van der Waals surface area contributed by atoms with Gasteiger partial charge in [-0.2, -0.15) is 0 Å². The molecule has 30 nitrogen and oxygen atoms in total. The Hall–Kier alpha value is 6.50. The Morgan fingerprint density at radius 1 is 0.200 bits per heavy atom. The summed E-state index contributed by atoms with van der Waals surface area (Å²) >= 11 is 0. The largest absolute Gasteiger partial charge is 1.00 e. The van der Waals surface area contributed by atoms with Crippen molar-refractivity contribution in [3.8, 4) is 0 Å². The van der Waals surface area contributed by atoms with Crippen molar-refractivity contribution >= 4 is 76.0 Å². The van der Waals surface area contributed by atoms with Crippen LogP contribution in [0.3, 0.4) is 0 Å². The van der Waals surface area contributed by atoms with Gasteiger partial charge in [0.15, 0.2) is 29.5 Å². The third-order valence-electron chi connectivity index (χ3n) is 1.84. The predicted octanol–water partition coefficient (Wildman–Crippen LogP) is -17.9. The summed E-state index contributed by atoms with van der Waals surface area (Å²) < 4.78 is 98.5. The van der Waals surface area contributed by atoms with Crippen molar-refractivity contribution in [2.75, 3.05) is 29.5 Å². The minimum atomic E-state index is -4.55. The van der Waals surface area contributed by atoms with Crippen molar-refractivity contribution in [2.24, 2.45) is 0 Å². The zero-order valence-corrected chi connectivity index (χ0v) is 45.0. The second-order valence-corrected chi connectivity index (χ2v) is 26.3. The molecular weight excluding hydrogens is 965 g/mol. The Morgan fingerprint density at radius 3 is 0.240 bits per heavy atom. The van der Waals surface area contributed by atoms with Gasteiger partial charge in [0.25, 0.3) is 0 Å². The molecule has 50 heavy (non-hydrogen) atoms. The topological polar surface area (TPSA) is 575 Å². The second-order valence-electron chi connectivity index (χ2n) is 7.35. The Kier molecular flexibility index (Phi) is 51.9. The smallest absolute Gasteiger partial charge is 1.00 e. The van der Waals surface area contributed by atoms with E-state index in [0.717, 1.165) is 0 Å². The van der Waals surface area contributed by atoms with Crippen molar-refractivity contribution in [1.82, 2.24) is 0 Å². The van der Waals surface area contributed by atoms with Gasteiger partial charge in [0, 0.05) is 0 Å². The third-order valence-corrected chi connectivity index (χ3v) is 16.6. The minimum absolute atomic E-state index is 0. The first-order valence-electron chi connectivity index (χ1n) is 8.99. The molecule has 0 radical (unpaired) electrons. The van der Waals surface area contributed by atoms with Gasteiger partial charge in [0.05, 0.1) is 0 Å². The van der Waals surface area contributed by atoms with E-state index in [2.05, 4.69) is 0 Å². The molecule has 0 rings (SSSR count). The van der Waals surface area contributed by atoms with Gasteiger partial charge in [-0.25, -0.2) is 0 Å². The molecule has 0 aliphatic carbocycles. The zero-order valence-electron chi connectivity index (χ0n) is 31.0. The van der Waals surface area contributed by atoms with Crippen molar-refractivity contribution in [3.05, 3.63) is 0 Å². The first-order chi connectivity index (χ1) is 18.5. The molecule has 0 spiro atoms. The van der Waals surface area contributed by atoms with Crippen molar-refractivity contribution in [1.29, 1.82) is 0 Å². The molecule has 0 unspecified atom stereocenters. The number of hydrogen-bond donors (Lipinski definition) is 20. The Balaban J connectivity index is -0.0000000268. The summed E-state index contributed by atoms with van der Waals surface area (Å²) in [7, 11) is -45.5. The molecule has 0 heterocycles. The van der Waals surface area contributed by atoms with E-state index in [0.29, 0.717) is 0 Å². The molecule has 0 amide bonds. The predicted molar refractivity (Wildman–Crippen MR) is 150 cm³/mol. The van der Waals surface area contributed by atoms with Gasteiger partial charge in [-0.05, 0) is 0 Å². The molecule has 0 bridgehead atoms. The monoisotopic (exact) mass is 1000 g/mol. The number of hydrogen-bond acceptors (Lipinski definition) is 10. The third kappa shape index (κ3) is 117. The van der Waals surface area contributed by atoms with Crippen LogP contribution in [-0.2, 0) is 45.7 Å². The van der Waals surface area contributed by atoms with E-state index in [1.807, 2.05) is 0 Å². The van der Waals surface area contributed by atoms with Crippen LogP contribution in [0.25, 0.3) is 0 Å². The van der Waals surface area contributed by atoms with Crippen molar-refractivity contribution < 1.29 is 298 Å². The Labute approximate surface area is 398 Å². The van der Waals surface area contributed by atoms with E-state index in [4.69, 9.17) is 97.9 Å². The average Bonchev–Trinajstić information content (AvgIpc) is 2.36. The van der Waals surface area contributed by atoms with Gasteiger partial charge in [-0.1, -0.05) is 0 Å². The van der Waals surface area contributed by atoms with Gasteiger partial charge in [0.2, 0.25) is 0 Å². The van der Waals surface area contributed by atoms with Gasteiger partial charge in [0.1, 0.15) is 0 Å². The van der Waals surface area contributed by atoms with E-state index >= 15 is 0 Å². The van der Waals surface area contributed by atoms with Crippen molar-refractivity contribution in [2.45, 2.75) is 0 Å². The van der Waals surface area contributed by atoms with E-state index in [1.165, 1.54) is 0 Å². The summed E-state index contributed by atoms with van der Waals surface area (Å²) in [6.45, 7) is 0. The first-order valence-corrected chi connectivity index (χ1v) is 27.0. The van der Waals surface area contributed by atoms with Crippen LogP contribution in [0.2, 0.25) is 0 Å². The van der Waals surface area contributed by atoms with Crippen LogP contribution in [0.5, 0.6) is 0 Å². The molecule has 0 fully saturated rings. The van der Waals surface area contributed by atoms with Gasteiger partial charge < -0.3 is 105 Å². The molecule has 0 aromatic rings. The minimum Gasteiger partial charge on any atom is -1.00 e. The SMILES string of the molecule is O=P(O)(O)CP(=O)(O)O.O=P(O)(O)CP(=O)(O)O.O=P(O)(O)CP(=O)(O)O.O=P(O)(O)CP(=O)(O)O.O=P(O)(O)CP(=O)(O)O.[H-].[H-].[H-].[H-].[H-].[Na+].[Na+].[Na+].[Na+].[Na+]. The van der Waals surface area contributed by atoms with Crippen LogP contribution < -0.4 is 148 Å². The standard InChI is InChI=1S/5CH6O6P2.5Na.5H/c5*2-8(3,4)1-9(5,6)7;;;;;;;;;;/h5*1H2,(H2,2,3,4)(H2,5,6,7);;;;;;;;;;/q;;;;;5*+1;5*-1. The summed E-state index contributed by atoms with van der Waals surface area (Å²) in [4.78, 5) is 159. The molecule has 20 N–H and O–H groups in total. The van der Waals surface area contributed by atoms with E-state index in [-0.39, 0.29) is 155 Å². The normalized spacial score (nSPS) is 12.4. The van der Waals surface area contributed by atoms with E-state index in [1.54, 1.807) is 0 Å². The quantitative estimate of drug-likeness (QED) is 0.0714. The van der Waals surface area contributed by atoms with Gasteiger partial charge >= 0.3 is 224 Å². The van der Waals surface area contributed by atoms with Gasteiger partial charge in [-0.15, -0.1) is 0 Å². The molecule has 0 saturated heterocycles. The molecule has 0 atom stereocenters. The molecule has 45 heteroatoms. The summed E-state index contributed by atoms with van der Waals surface area (Å²) in [5.41, 5.74) is 0. The van der Waals surface area contributed by atoms with Crippen LogP contribution >= 0.6 is 76.0 Å². The molecule has 0 aromatic carbocycles. The van der Waals surface area contributed by atoms with Crippen LogP contribution in [0, 0.1) is 0 Å². The zero-order chi connectivity index (χ0) is 38.5. The fraction of sp³-hybridized carbons (Fsp3) is 1.00. The Bertz CT molecular complexity index is 1050. The summed E-state index contributed by atoms with van der Waals surface area (Å²) in [6.07, 6.45) is 0. The fourth-order valence-electron chi connectivity index (χ4n) is 1.20.